The van der Waals surface area contributed by atoms with Gasteiger partial charge in [-0.15, -0.1) is 0 Å². The van der Waals surface area contributed by atoms with E-state index in [4.69, 9.17) is 11.6 Å². The van der Waals surface area contributed by atoms with Gasteiger partial charge in [-0.3, -0.25) is 0 Å². The maximum absolute atomic E-state index is 6.08. The van der Waals surface area contributed by atoms with Gasteiger partial charge in [-0.1, -0.05) is 80.8 Å². The lowest BCUT2D eigenvalue weighted by Crippen LogP contribution is -2.35. The van der Waals surface area contributed by atoms with Crippen LogP contribution >= 0.6 is 11.6 Å². The molecule has 3 heteroatoms. The van der Waals surface area contributed by atoms with Gasteiger partial charge < -0.3 is 10.2 Å². The summed E-state index contributed by atoms with van der Waals surface area (Å²) in [6.07, 6.45) is 5.08. The van der Waals surface area contributed by atoms with Gasteiger partial charge in [-0.05, 0) is 49.2 Å². The highest BCUT2D eigenvalue weighted by Gasteiger charge is 2.14. The van der Waals surface area contributed by atoms with Gasteiger partial charge in [0, 0.05) is 18.1 Å². The van der Waals surface area contributed by atoms with Crippen LogP contribution in [0.3, 0.4) is 0 Å². The third-order valence-corrected chi connectivity index (χ3v) is 5.02. The minimum atomic E-state index is 0.202. The van der Waals surface area contributed by atoms with Crippen LogP contribution in [0.15, 0.2) is 54.6 Å². The van der Waals surface area contributed by atoms with Crippen molar-refractivity contribution in [1.82, 2.24) is 10.2 Å². The van der Waals surface area contributed by atoms with Gasteiger partial charge in [-0.25, -0.2) is 0 Å². The van der Waals surface area contributed by atoms with Crippen LogP contribution in [0.5, 0.6) is 0 Å². The maximum atomic E-state index is 6.08. The van der Waals surface area contributed by atoms with Crippen molar-refractivity contribution in [1.29, 1.82) is 0 Å². The summed E-state index contributed by atoms with van der Waals surface area (Å²) in [5, 5.41) is 4.55. The van der Waals surface area contributed by atoms with Crippen molar-refractivity contribution in [3.63, 3.8) is 0 Å². The van der Waals surface area contributed by atoms with Crippen molar-refractivity contribution in [3.05, 3.63) is 70.7 Å². The molecule has 0 heterocycles. The van der Waals surface area contributed by atoms with Crippen molar-refractivity contribution >= 4 is 11.6 Å². The molecule has 0 saturated carbocycles. The van der Waals surface area contributed by atoms with Crippen molar-refractivity contribution in [3.8, 4) is 0 Å². The highest BCUT2D eigenvalue weighted by atomic mass is 35.5. The Labute approximate surface area is 164 Å². The Morgan fingerprint density at radius 2 is 1.38 bits per heavy atom. The van der Waals surface area contributed by atoms with E-state index in [1.165, 1.54) is 49.9 Å². The smallest absolute Gasteiger partial charge is 0.0577 e. The molecule has 26 heavy (non-hydrogen) atoms. The van der Waals surface area contributed by atoms with Gasteiger partial charge in [-0.2, -0.15) is 0 Å². The number of hydrogen-bond acceptors (Lipinski definition) is 2. The number of nitrogens with zero attached hydrogens (tertiary/aromatic N) is 1. The molecule has 0 saturated heterocycles. The molecule has 0 aromatic heterocycles. The Hall–Kier alpha value is -1.35. The molecule has 1 unspecified atom stereocenters. The highest BCUT2D eigenvalue weighted by molar-refractivity contribution is 6.30. The number of halogens is 1. The quantitative estimate of drug-likeness (QED) is 0.497. The second kappa shape index (κ2) is 12.1. The minimum absolute atomic E-state index is 0.202. The van der Waals surface area contributed by atoms with E-state index in [-0.39, 0.29) is 6.04 Å². The second-order valence-corrected chi connectivity index (χ2v) is 7.33. The predicted molar refractivity (Wildman–Crippen MR) is 114 cm³/mol. The Morgan fingerprint density at radius 1 is 0.808 bits per heavy atom. The molecule has 142 valence electrons. The van der Waals surface area contributed by atoms with E-state index < -0.39 is 0 Å². The molecule has 2 nitrogen and oxygen atoms in total. The molecular formula is C23H33ClN2. The Morgan fingerprint density at radius 3 is 1.96 bits per heavy atom. The number of rotatable bonds is 12. The van der Waals surface area contributed by atoms with Gasteiger partial charge >= 0.3 is 0 Å². The van der Waals surface area contributed by atoms with Crippen LogP contribution in [-0.2, 0) is 0 Å². The van der Waals surface area contributed by atoms with Gasteiger partial charge in [0.05, 0.1) is 6.04 Å². The lowest BCUT2D eigenvalue weighted by Gasteiger charge is -2.25. The van der Waals surface area contributed by atoms with Crippen LogP contribution in [0.25, 0.3) is 0 Å². The molecule has 0 fully saturated rings. The molecule has 1 N–H and O–H groups in total. The Balaban J connectivity index is 2.01. The molecule has 0 aliphatic heterocycles. The van der Waals surface area contributed by atoms with Crippen molar-refractivity contribution in [2.75, 3.05) is 26.2 Å². The third kappa shape index (κ3) is 7.11. The van der Waals surface area contributed by atoms with E-state index >= 15 is 0 Å². The zero-order valence-corrected chi connectivity index (χ0v) is 17.0. The molecule has 0 aliphatic carbocycles. The van der Waals surface area contributed by atoms with Crippen molar-refractivity contribution in [2.45, 2.75) is 45.6 Å². The van der Waals surface area contributed by atoms with Crippen LogP contribution in [0, 0.1) is 0 Å². The highest BCUT2D eigenvalue weighted by Crippen LogP contribution is 2.23. The number of benzene rings is 2. The summed E-state index contributed by atoms with van der Waals surface area (Å²) in [4.78, 5) is 2.60. The fourth-order valence-electron chi connectivity index (χ4n) is 3.19. The molecular weight excluding hydrogens is 340 g/mol. The van der Waals surface area contributed by atoms with E-state index in [1.807, 2.05) is 12.1 Å². The first kappa shape index (κ1) is 21.0. The first-order valence-electron chi connectivity index (χ1n) is 10.0. The fourth-order valence-corrected chi connectivity index (χ4v) is 3.32. The first-order valence-corrected chi connectivity index (χ1v) is 10.4. The van der Waals surface area contributed by atoms with Gasteiger partial charge in [0.15, 0.2) is 0 Å². The molecule has 2 rings (SSSR count). The van der Waals surface area contributed by atoms with E-state index in [9.17, 15) is 0 Å². The van der Waals surface area contributed by atoms with Crippen LogP contribution in [0.2, 0.25) is 5.02 Å². The molecule has 2 aromatic rings. The lowest BCUT2D eigenvalue weighted by atomic mass is 9.99. The lowest BCUT2D eigenvalue weighted by molar-refractivity contribution is 0.262. The second-order valence-electron chi connectivity index (χ2n) is 6.90. The van der Waals surface area contributed by atoms with Gasteiger partial charge in [0.2, 0.25) is 0 Å². The van der Waals surface area contributed by atoms with Crippen molar-refractivity contribution < 1.29 is 0 Å². The average Bonchev–Trinajstić information content (AvgIpc) is 2.68. The molecule has 0 aliphatic rings. The molecule has 0 amide bonds. The molecule has 2 aromatic carbocycles. The molecule has 0 spiro atoms. The summed E-state index contributed by atoms with van der Waals surface area (Å²) in [5.41, 5.74) is 2.55. The summed E-state index contributed by atoms with van der Waals surface area (Å²) in [7, 11) is 0. The number of unbranched alkanes of at least 4 members (excludes halogenated alkanes) is 2. The monoisotopic (exact) mass is 372 g/mol. The summed E-state index contributed by atoms with van der Waals surface area (Å²) >= 11 is 6.08. The van der Waals surface area contributed by atoms with E-state index in [2.05, 4.69) is 66.5 Å². The summed E-state index contributed by atoms with van der Waals surface area (Å²) in [6, 6.07) is 19.1. The Kier molecular flexibility index (Phi) is 9.76. The normalized spacial score (nSPS) is 12.5. The van der Waals surface area contributed by atoms with Gasteiger partial charge in [0.25, 0.3) is 0 Å². The van der Waals surface area contributed by atoms with Crippen LogP contribution in [0.1, 0.15) is 56.7 Å². The van der Waals surface area contributed by atoms with Crippen LogP contribution in [0.4, 0.5) is 0 Å². The van der Waals surface area contributed by atoms with Gasteiger partial charge in [0.1, 0.15) is 0 Å². The zero-order chi connectivity index (χ0) is 18.6. The maximum Gasteiger partial charge on any atom is 0.0577 e. The Bertz CT molecular complexity index is 589. The summed E-state index contributed by atoms with van der Waals surface area (Å²) < 4.78 is 0. The van der Waals surface area contributed by atoms with E-state index in [1.54, 1.807) is 0 Å². The van der Waals surface area contributed by atoms with Crippen molar-refractivity contribution in [2.24, 2.45) is 0 Å². The first-order chi connectivity index (χ1) is 12.7. The molecule has 1 atom stereocenters. The molecule has 0 radical (unpaired) electrons. The minimum Gasteiger partial charge on any atom is -0.305 e. The van der Waals surface area contributed by atoms with E-state index in [0.29, 0.717) is 0 Å². The summed E-state index contributed by atoms with van der Waals surface area (Å²) in [5.74, 6) is 0. The fraction of sp³-hybridized carbons (Fsp3) is 0.478. The number of hydrogen-bond donors (Lipinski definition) is 1. The third-order valence-electron chi connectivity index (χ3n) is 4.77. The predicted octanol–water partition coefficient (Wildman–Crippen LogP) is 5.92. The molecule has 0 bridgehead atoms. The SMILES string of the molecule is CCCCN(CCCC)CCNC(c1ccccc1)c1ccc(Cl)cc1. The van der Waals surface area contributed by atoms with E-state index in [0.717, 1.165) is 18.1 Å². The van der Waals surface area contributed by atoms with Crippen LogP contribution < -0.4 is 5.32 Å². The average molecular weight is 373 g/mol. The number of nitrogens with one attached hydrogen (secondary N) is 1. The largest absolute Gasteiger partial charge is 0.305 e. The zero-order valence-electron chi connectivity index (χ0n) is 16.3. The van der Waals surface area contributed by atoms with Crippen LogP contribution in [-0.4, -0.2) is 31.1 Å². The topological polar surface area (TPSA) is 15.3 Å². The standard InChI is InChI=1S/C23H33ClN2/c1-3-5-17-26(18-6-4-2)19-16-25-23(20-10-8-7-9-11-20)21-12-14-22(24)15-13-21/h7-15,23,25H,3-6,16-19H2,1-2H3. The summed E-state index contributed by atoms with van der Waals surface area (Å²) in [6.45, 7) is 9.02.